The van der Waals surface area contributed by atoms with Crippen molar-refractivity contribution in [1.29, 1.82) is 0 Å². The van der Waals surface area contributed by atoms with E-state index in [2.05, 4.69) is 5.43 Å². The molecule has 21 heavy (non-hydrogen) atoms. The summed E-state index contributed by atoms with van der Waals surface area (Å²) in [7, 11) is -5.84. The largest absolute Gasteiger partial charge is 0.522 e. The van der Waals surface area contributed by atoms with Crippen LogP contribution in [0.15, 0.2) is 24.3 Å². The first-order valence-corrected chi connectivity index (χ1v) is 7.00. The lowest BCUT2D eigenvalue weighted by atomic mass is 10.2. The second kappa shape index (κ2) is 6.96. The van der Waals surface area contributed by atoms with Crippen molar-refractivity contribution in [2.24, 2.45) is 5.84 Å². The molecule has 0 atom stereocenters. The summed E-state index contributed by atoms with van der Waals surface area (Å²) in [5, 5.41) is 0. The van der Waals surface area contributed by atoms with Gasteiger partial charge in [0.05, 0.1) is 0 Å². The molecular weight excluding hydrogens is 313 g/mol. The summed E-state index contributed by atoms with van der Waals surface area (Å²) < 4.78 is 63.2. The maximum absolute atomic E-state index is 10.7. The lowest BCUT2D eigenvalue weighted by Crippen LogP contribution is -2.22. The molecule has 0 aliphatic heterocycles. The molecule has 1 aromatic carbocycles. The van der Waals surface area contributed by atoms with Gasteiger partial charge in [0.2, 0.25) is 0 Å². The number of hydrogen-bond donors (Lipinski definition) is 3. The minimum absolute atomic E-state index is 0.155. The Balaban J connectivity index is 0.000000433. The molecule has 0 aliphatic rings. The molecule has 0 saturated carbocycles. The van der Waals surface area contributed by atoms with Crippen molar-refractivity contribution in [1.82, 2.24) is 0 Å². The van der Waals surface area contributed by atoms with Crippen LogP contribution in [0.2, 0.25) is 0 Å². The maximum atomic E-state index is 10.7. The second-order valence-corrected chi connectivity index (χ2v) is 6.22. The fourth-order valence-electron chi connectivity index (χ4n) is 0.973. The standard InChI is InChI=1S/C10H16N2O.CHF3O3S/c1-10(2,3)13-9-6-4-8(12-11)5-7-9;2-1(3,4)8(5,6)7/h4-7,12H,11H2,1-3H3;(H,5,6,7). The van der Waals surface area contributed by atoms with Gasteiger partial charge in [-0.15, -0.1) is 0 Å². The molecule has 1 aromatic rings. The van der Waals surface area contributed by atoms with Crippen LogP contribution < -0.4 is 16.0 Å². The van der Waals surface area contributed by atoms with Crippen molar-refractivity contribution in [2.45, 2.75) is 31.9 Å². The summed E-state index contributed by atoms with van der Waals surface area (Å²) in [5.41, 5.74) is -2.25. The summed E-state index contributed by atoms with van der Waals surface area (Å²) in [4.78, 5) is 0. The average molecular weight is 330 g/mol. The third-order valence-corrected chi connectivity index (χ3v) is 2.32. The van der Waals surface area contributed by atoms with Gasteiger partial charge in [-0.25, -0.2) is 0 Å². The highest BCUT2D eigenvalue weighted by Crippen LogP contribution is 2.21. The smallest absolute Gasteiger partial charge is 0.488 e. The van der Waals surface area contributed by atoms with E-state index in [1.165, 1.54) is 0 Å². The molecule has 0 amide bonds. The number of benzene rings is 1. The summed E-state index contributed by atoms with van der Waals surface area (Å²) in [6.07, 6.45) is 0. The number of rotatable bonds is 2. The number of anilines is 1. The number of halogens is 3. The molecular formula is C11H17F3N2O4S. The molecule has 0 unspecified atom stereocenters. The Kier molecular flexibility index (Phi) is 6.46. The van der Waals surface area contributed by atoms with E-state index in [-0.39, 0.29) is 5.60 Å². The molecule has 10 heteroatoms. The Morgan fingerprint density at radius 2 is 1.52 bits per heavy atom. The Morgan fingerprint density at radius 1 is 1.14 bits per heavy atom. The Morgan fingerprint density at radius 3 is 1.76 bits per heavy atom. The third-order valence-electron chi connectivity index (χ3n) is 1.74. The van der Waals surface area contributed by atoms with Crippen LogP contribution in [-0.2, 0) is 10.1 Å². The van der Waals surface area contributed by atoms with E-state index in [4.69, 9.17) is 23.6 Å². The predicted molar refractivity (Wildman–Crippen MR) is 72.2 cm³/mol. The van der Waals surface area contributed by atoms with Gasteiger partial charge < -0.3 is 10.2 Å². The van der Waals surface area contributed by atoms with E-state index in [9.17, 15) is 13.2 Å². The van der Waals surface area contributed by atoms with Gasteiger partial charge in [-0.2, -0.15) is 21.6 Å². The Labute approximate surface area is 120 Å². The number of nitrogen functional groups attached to an aromatic ring is 1. The highest BCUT2D eigenvalue weighted by molar-refractivity contribution is 7.86. The van der Waals surface area contributed by atoms with Crippen molar-refractivity contribution in [3.8, 4) is 5.75 Å². The average Bonchev–Trinajstić information content (AvgIpc) is 2.26. The molecule has 0 aliphatic carbocycles. The zero-order chi connectivity index (χ0) is 16.9. The molecule has 0 fully saturated rings. The van der Waals surface area contributed by atoms with E-state index in [1.54, 1.807) is 0 Å². The second-order valence-electron chi connectivity index (χ2n) is 4.80. The van der Waals surface area contributed by atoms with Gasteiger partial charge in [0.15, 0.2) is 0 Å². The van der Waals surface area contributed by atoms with E-state index in [1.807, 2.05) is 45.0 Å². The van der Waals surface area contributed by atoms with Gasteiger partial charge in [-0.3, -0.25) is 10.4 Å². The lowest BCUT2D eigenvalue weighted by molar-refractivity contribution is -0.0510. The van der Waals surface area contributed by atoms with E-state index in [0.29, 0.717) is 0 Å². The monoisotopic (exact) mass is 330 g/mol. The van der Waals surface area contributed by atoms with Crippen LogP contribution in [0.4, 0.5) is 18.9 Å². The van der Waals surface area contributed by atoms with Gasteiger partial charge in [-0.05, 0) is 45.0 Å². The number of hydrazine groups is 1. The van der Waals surface area contributed by atoms with Gasteiger partial charge in [0.25, 0.3) is 0 Å². The molecule has 0 saturated heterocycles. The number of ether oxygens (including phenoxy) is 1. The zero-order valence-corrected chi connectivity index (χ0v) is 12.4. The highest BCUT2D eigenvalue weighted by Gasteiger charge is 2.44. The summed E-state index contributed by atoms with van der Waals surface area (Å²) in [6.45, 7) is 6.05. The maximum Gasteiger partial charge on any atom is 0.522 e. The molecule has 6 nitrogen and oxygen atoms in total. The summed E-state index contributed by atoms with van der Waals surface area (Å²) in [6, 6.07) is 7.53. The Hall–Kier alpha value is -1.52. The fraction of sp³-hybridized carbons (Fsp3) is 0.455. The van der Waals surface area contributed by atoms with Crippen molar-refractivity contribution in [3.63, 3.8) is 0 Å². The van der Waals surface area contributed by atoms with Gasteiger partial charge >= 0.3 is 15.6 Å². The molecule has 4 N–H and O–H groups in total. The topological polar surface area (TPSA) is 102 Å². The van der Waals surface area contributed by atoms with Crippen molar-refractivity contribution in [3.05, 3.63) is 24.3 Å². The van der Waals surface area contributed by atoms with Crippen LogP contribution >= 0.6 is 0 Å². The van der Waals surface area contributed by atoms with Crippen LogP contribution in [0.3, 0.4) is 0 Å². The lowest BCUT2D eigenvalue weighted by Gasteiger charge is -2.21. The predicted octanol–water partition coefficient (Wildman–Crippen LogP) is 2.54. The number of nitrogens with one attached hydrogen (secondary N) is 1. The van der Waals surface area contributed by atoms with Crippen LogP contribution in [0.25, 0.3) is 0 Å². The first-order chi connectivity index (χ1) is 9.26. The fourth-order valence-corrected chi connectivity index (χ4v) is 0.973. The van der Waals surface area contributed by atoms with Crippen LogP contribution in [0.1, 0.15) is 20.8 Å². The molecule has 1 rings (SSSR count). The number of nitrogens with two attached hydrogens (primary N) is 1. The van der Waals surface area contributed by atoms with Gasteiger partial charge in [-0.1, -0.05) is 0 Å². The van der Waals surface area contributed by atoms with Crippen molar-refractivity contribution >= 4 is 15.8 Å². The van der Waals surface area contributed by atoms with E-state index >= 15 is 0 Å². The summed E-state index contributed by atoms with van der Waals surface area (Å²) >= 11 is 0. The van der Waals surface area contributed by atoms with Crippen LogP contribution in [0, 0.1) is 0 Å². The third kappa shape index (κ3) is 8.38. The molecule has 0 heterocycles. The Bertz CT molecular complexity index is 536. The van der Waals surface area contributed by atoms with Crippen LogP contribution in [-0.4, -0.2) is 24.1 Å². The normalized spacial score (nSPS) is 12.2. The van der Waals surface area contributed by atoms with Gasteiger partial charge in [0.1, 0.15) is 11.4 Å². The summed E-state index contributed by atoms with van der Waals surface area (Å²) in [5.74, 6) is 6.09. The van der Waals surface area contributed by atoms with Crippen molar-refractivity contribution < 1.29 is 30.9 Å². The quantitative estimate of drug-likeness (QED) is 0.333. The molecule has 0 radical (unpaired) electrons. The minimum atomic E-state index is -5.84. The molecule has 122 valence electrons. The molecule has 0 spiro atoms. The molecule has 0 aromatic heterocycles. The number of hydrogen-bond acceptors (Lipinski definition) is 5. The van der Waals surface area contributed by atoms with Crippen molar-refractivity contribution in [2.75, 3.05) is 5.43 Å². The SMILES string of the molecule is CC(C)(C)Oc1ccc(NN)cc1.O=S(=O)(O)C(F)(F)F. The molecule has 0 bridgehead atoms. The van der Waals surface area contributed by atoms with Crippen LogP contribution in [0.5, 0.6) is 5.75 Å². The van der Waals surface area contributed by atoms with E-state index < -0.39 is 15.6 Å². The zero-order valence-electron chi connectivity index (χ0n) is 11.6. The van der Waals surface area contributed by atoms with Gasteiger partial charge in [0, 0.05) is 5.69 Å². The first kappa shape index (κ1) is 19.5. The highest BCUT2D eigenvalue weighted by atomic mass is 32.2. The minimum Gasteiger partial charge on any atom is -0.488 e. The van der Waals surface area contributed by atoms with E-state index in [0.717, 1.165) is 11.4 Å². The first-order valence-electron chi connectivity index (χ1n) is 5.56. The number of alkyl halides is 3.